The van der Waals surface area contributed by atoms with Gasteiger partial charge in [0.25, 0.3) is 0 Å². The zero-order valence-electron chi connectivity index (χ0n) is 14.8. The Kier molecular flexibility index (Phi) is 6.23. The zero-order chi connectivity index (χ0) is 17.6. The number of ether oxygens (including phenoxy) is 2. The number of anilines is 1. The highest BCUT2D eigenvalue weighted by molar-refractivity contribution is 5.81. The minimum absolute atomic E-state index is 0.0991. The van der Waals surface area contributed by atoms with Gasteiger partial charge in [-0.25, -0.2) is 4.98 Å². The average molecular weight is 348 g/mol. The third-order valence-corrected chi connectivity index (χ3v) is 4.92. The van der Waals surface area contributed by atoms with Gasteiger partial charge in [0.05, 0.1) is 18.8 Å². The maximum atomic E-state index is 12.2. The van der Waals surface area contributed by atoms with Gasteiger partial charge < -0.3 is 25.4 Å². The molecule has 2 atom stereocenters. The summed E-state index contributed by atoms with van der Waals surface area (Å²) in [4.78, 5) is 19.0. The van der Waals surface area contributed by atoms with Crippen molar-refractivity contribution in [3.8, 4) is 0 Å². The molecule has 2 fully saturated rings. The van der Waals surface area contributed by atoms with Crippen molar-refractivity contribution in [2.75, 3.05) is 37.8 Å². The Morgan fingerprint density at radius 3 is 2.88 bits per heavy atom. The third-order valence-electron chi connectivity index (χ3n) is 4.92. The molecule has 0 aliphatic carbocycles. The molecule has 0 saturated carbocycles. The predicted molar refractivity (Wildman–Crippen MR) is 95.2 cm³/mol. The van der Waals surface area contributed by atoms with E-state index in [-0.39, 0.29) is 17.9 Å². The summed E-state index contributed by atoms with van der Waals surface area (Å²) >= 11 is 0. The summed E-state index contributed by atoms with van der Waals surface area (Å²) in [7, 11) is 0. The van der Waals surface area contributed by atoms with Gasteiger partial charge in [-0.05, 0) is 37.3 Å². The van der Waals surface area contributed by atoms with Crippen molar-refractivity contribution in [1.82, 2.24) is 10.3 Å². The Morgan fingerprint density at radius 2 is 2.20 bits per heavy atom. The molecule has 0 bridgehead atoms. The van der Waals surface area contributed by atoms with Crippen molar-refractivity contribution in [3.63, 3.8) is 0 Å². The summed E-state index contributed by atoms with van der Waals surface area (Å²) in [5.74, 6) is 1.06. The lowest BCUT2D eigenvalue weighted by atomic mass is 9.92. The molecule has 1 aromatic heterocycles. The first-order valence-electron chi connectivity index (χ1n) is 9.06. The molecular formula is C18H28N4O3. The molecule has 0 spiro atoms. The minimum atomic E-state index is -0.467. The molecule has 138 valence electrons. The second kappa shape index (κ2) is 8.60. The van der Waals surface area contributed by atoms with E-state index >= 15 is 0 Å². The summed E-state index contributed by atoms with van der Waals surface area (Å²) in [5.41, 5.74) is 7.06. The smallest absolute Gasteiger partial charge is 0.237 e. The van der Waals surface area contributed by atoms with Crippen LogP contribution in [0, 0.1) is 5.92 Å². The first-order valence-corrected chi connectivity index (χ1v) is 9.06. The Balaban J connectivity index is 1.48. The normalized spacial score (nSPS) is 23.3. The quantitative estimate of drug-likeness (QED) is 0.813. The summed E-state index contributed by atoms with van der Waals surface area (Å²) in [5, 5.41) is 2.92. The molecule has 7 nitrogen and oxygen atoms in total. The predicted octanol–water partition coefficient (Wildman–Crippen LogP) is 0.677. The van der Waals surface area contributed by atoms with Gasteiger partial charge in [-0.15, -0.1) is 0 Å². The summed E-state index contributed by atoms with van der Waals surface area (Å²) in [6.07, 6.45) is 3.74. The van der Waals surface area contributed by atoms with E-state index in [1.165, 1.54) is 0 Å². The molecule has 3 rings (SSSR count). The number of carbonyl (C=O) groups is 1. The molecule has 7 heteroatoms. The molecule has 2 unspecified atom stereocenters. The number of amides is 1. The number of aromatic nitrogens is 1. The Labute approximate surface area is 148 Å². The van der Waals surface area contributed by atoms with E-state index in [1.54, 1.807) is 0 Å². The van der Waals surface area contributed by atoms with Gasteiger partial charge in [0, 0.05) is 39.0 Å². The van der Waals surface area contributed by atoms with Gasteiger partial charge in [0.2, 0.25) is 5.91 Å². The third kappa shape index (κ3) is 4.90. The fraction of sp³-hybridized carbons (Fsp3) is 0.667. The van der Waals surface area contributed by atoms with Crippen LogP contribution in [-0.2, 0) is 20.8 Å². The fourth-order valence-corrected chi connectivity index (χ4v) is 3.33. The number of morpholine rings is 1. The molecule has 0 radical (unpaired) electrons. The lowest BCUT2D eigenvalue weighted by Gasteiger charge is -2.32. The van der Waals surface area contributed by atoms with Crippen molar-refractivity contribution in [3.05, 3.63) is 23.9 Å². The molecule has 2 aliphatic rings. The van der Waals surface area contributed by atoms with Gasteiger partial charge in [0.15, 0.2) is 0 Å². The SMILES string of the molecule is CC1CN(c2ccc(CNC(=O)C(N)C3CCOCC3)cn2)CCO1. The standard InChI is InChI=1S/C18H28N4O3/c1-13-12-22(6-9-25-13)16-3-2-14(10-20-16)11-21-18(23)17(19)15-4-7-24-8-5-15/h2-3,10,13,15,17H,4-9,11-12,19H2,1H3,(H,21,23). The highest BCUT2D eigenvalue weighted by Crippen LogP contribution is 2.18. The Hall–Kier alpha value is -1.70. The average Bonchev–Trinajstić information content (AvgIpc) is 2.66. The van der Waals surface area contributed by atoms with Crippen LogP contribution < -0.4 is 16.0 Å². The molecule has 3 heterocycles. The van der Waals surface area contributed by atoms with Gasteiger partial charge in [-0.2, -0.15) is 0 Å². The van der Waals surface area contributed by atoms with Crippen LogP contribution >= 0.6 is 0 Å². The van der Waals surface area contributed by atoms with Crippen LogP contribution in [0.1, 0.15) is 25.3 Å². The number of nitrogens with zero attached hydrogens (tertiary/aromatic N) is 2. The van der Waals surface area contributed by atoms with Crippen LogP contribution in [-0.4, -0.2) is 55.9 Å². The number of hydrogen-bond acceptors (Lipinski definition) is 6. The molecule has 0 aromatic carbocycles. The maximum Gasteiger partial charge on any atom is 0.237 e. The monoisotopic (exact) mass is 348 g/mol. The molecule has 1 amide bonds. The van der Waals surface area contributed by atoms with Crippen molar-refractivity contribution in [2.24, 2.45) is 11.7 Å². The van der Waals surface area contributed by atoms with Crippen LogP contribution in [0.5, 0.6) is 0 Å². The van der Waals surface area contributed by atoms with E-state index in [1.807, 2.05) is 18.3 Å². The molecule has 3 N–H and O–H groups in total. The summed E-state index contributed by atoms with van der Waals surface area (Å²) in [6.45, 7) is 6.33. The maximum absolute atomic E-state index is 12.2. The van der Waals surface area contributed by atoms with E-state index in [9.17, 15) is 4.79 Å². The minimum Gasteiger partial charge on any atom is -0.381 e. The number of nitrogens with one attached hydrogen (secondary N) is 1. The number of hydrogen-bond donors (Lipinski definition) is 2. The van der Waals surface area contributed by atoms with Gasteiger partial charge in [-0.1, -0.05) is 6.07 Å². The van der Waals surface area contributed by atoms with Crippen LogP contribution in [0.15, 0.2) is 18.3 Å². The van der Waals surface area contributed by atoms with Crippen LogP contribution in [0.3, 0.4) is 0 Å². The molecular weight excluding hydrogens is 320 g/mol. The number of rotatable bonds is 5. The fourth-order valence-electron chi connectivity index (χ4n) is 3.33. The van der Waals surface area contributed by atoms with Crippen molar-refractivity contribution in [1.29, 1.82) is 0 Å². The molecule has 1 aromatic rings. The van der Waals surface area contributed by atoms with E-state index < -0.39 is 6.04 Å². The highest BCUT2D eigenvalue weighted by Gasteiger charge is 2.26. The lowest BCUT2D eigenvalue weighted by molar-refractivity contribution is -0.124. The van der Waals surface area contributed by atoms with Gasteiger partial charge >= 0.3 is 0 Å². The van der Waals surface area contributed by atoms with Gasteiger partial charge in [0.1, 0.15) is 5.82 Å². The second-order valence-electron chi connectivity index (χ2n) is 6.85. The summed E-state index contributed by atoms with van der Waals surface area (Å²) < 4.78 is 10.9. The molecule has 25 heavy (non-hydrogen) atoms. The van der Waals surface area contributed by atoms with Crippen molar-refractivity contribution < 1.29 is 14.3 Å². The van der Waals surface area contributed by atoms with Crippen molar-refractivity contribution in [2.45, 2.75) is 38.5 Å². The topological polar surface area (TPSA) is 89.7 Å². The van der Waals surface area contributed by atoms with E-state index in [2.05, 4.69) is 22.1 Å². The largest absolute Gasteiger partial charge is 0.381 e. The highest BCUT2D eigenvalue weighted by atomic mass is 16.5. The number of nitrogens with two attached hydrogens (primary N) is 1. The Morgan fingerprint density at radius 1 is 1.40 bits per heavy atom. The second-order valence-corrected chi connectivity index (χ2v) is 6.85. The lowest BCUT2D eigenvalue weighted by Crippen LogP contribution is -2.46. The molecule has 2 aliphatic heterocycles. The number of carbonyl (C=O) groups excluding carboxylic acids is 1. The summed E-state index contributed by atoms with van der Waals surface area (Å²) in [6, 6.07) is 3.53. The van der Waals surface area contributed by atoms with Crippen molar-refractivity contribution >= 4 is 11.7 Å². The molecule has 2 saturated heterocycles. The van der Waals surface area contributed by atoms with E-state index in [4.69, 9.17) is 15.2 Å². The van der Waals surface area contributed by atoms with E-state index in [0.717, 1.165) is 43.9 Å². The Bertz CT molecular complexity index is 560. The zero-order valence-corrected chi connectivity index (χ0v) is 14.8. The van der Waals surface area contributed by atoms with Crippen LogP contribution in [0.25, 0.3) is 0 Å². The first-order chi connectivity index (χ1) is 12.1. The van der Waals surface area contributed by atoms with Crippen LogP contribution in [0.2, 0.25) is 0 Å². The van der Waals surface area contributed by atoms with E-state index in [0.29, 0.717) is 19.8 Å². The first kappa shape index (κ1) is 18.1. The van der Waals surface area contributed by atoms with Crippen LogP contribution in [0.4, 0.5) is 5.82 Å². The van der Waals surface area contributed by atoms with Gasteiger partial charge in [-0.3, -0.25) is 4.79 Å². The number of pyridine rings is 1.